The third-order valence-corrected chi connectivity index (χ3v) is 4.43. The molecule has 2 heterocycles. The number of nitrogens with zero attached hydrogens (tertiary/aromatic N) is 1. The van der Waals surface area contributed by atoms with Crippen LogP contribution in [-0.4, -0.2) is 10.9 Å². The van der Waals surface area contributed by atoms with Crippen molar-refractivity contribution in [2.75, 3.05) is 5.32 Å². The van der Waals surface area contributed by atoms with Crippen LogP contribution < -0.4 is 5.32 Å². The molecular weight excluding hydrogens is 300 g/mol. The molecule has 120 valence electrons. The summed E-state index contributed by atoms with van der Waals surface area (Å²) >= 11 is 0. The van der Waals surface area contributed by atoms with Crippen molar-refractivity contribution in [3.05, 3.63) is 66.3 Å². The average Bonchev–Trinajstić information content (AvgIpc) is 3.14. The van der Waals surface area contributed by atoms with E-state index in [9.17, 15) is 4.79 Å². The van der Waals surface area contributed by atoms with E-state index in [4.69, 9.17) is 4.42 Å². The Kier molecular flexibility index (Phi) is 3.65. The molecule has 0 saturated heterocycles. The predicted molar refractivity (Wildman–Crippen MR) is 94.6 cm³/mol. The summed E-state index contributed by atoms with van der Waals surface area (Å²) in [4.78, 5) is 16.5. The van der Waals surface area contributed by atoms with Gasteiger partial charge in [0.1, 0.15) is 11.5 Å². The van der Waals surface area contributed by atoms with Gasteiger partial charge in [0, 0.05) is 23.6 Å². The fourth-order valence-corrected chi connectivity index (χ4v) is 2.92. The van der Waals surface area contributed by atoms with Gasteiger partial charge in [-0.3, -0.25) is 9.78 Å². The van der Waals surface area contributed by atoms with Gasteiger partial charge < -0.3 is 9.73 Å². The number of hydrogen-bond acceptors (Lipinski definition) is 3. The van der Waals surface area contributed by atoms with Gasteiger partial charge in [-0.1, -0.05) is 13.0 Å². The van der Waals surface area contributed by atoms with Crippen LogP contribution in [0.25, 0.3) is 17.0 Å². The lowest BCUT2D eigenvalue weighted by Gasteiger charge is -2.05. The number of anilines is 1. The molecule has 1 aliphatic carbocycles. The lowest BCUT2D eigenvalue weighted by molar-refractivity contribution is -0.111. The summed E-state index contributed by atoms with van der Waals surface area (Å²) in [5, 5.41) is 3.82. The van der Waals surface area contributed by atoms with Gasteiger partial charge in [0.2, 0.25) is 5.91 Å². The fourth-order valence-electron chi connectivity index (χ4n) is 2.92. The summed E-state index contributed by atoms with van der Waals surface area (Å²) in [6, 6.07) is 13.4. The molecule has 1 amide bonds. The van der Waals surface area contributed by atoms with Gasteiger partial charge in [0.15, 0.2) is 0 Å². The fraction of sp³-hybridized carbons (Fsp3) is 0.200. The number of fused-ring (bicyclic) bond motifs is 1. The van der Waals surface area contributed by atoms with E-state index in [1.807, 2.05) is 42.5 Å². The molecule has 4 nitrogen and oxygen atoms in total. The Labute approximate surface area is 140 Å². The number of pyridine rings is 1. The van der Waals surface area contributed by atoms with E-state index >= 15 is 0 Å². The second-order valence-corrected chi connectivity index (χ2v) is 6.26. The van der Waals surface area contributed by atoms with Crippen LogP contribution in [0.4, 0.5) is 5.69 Å². The van der Waals surface area contributed by atoms with E-state index in [2.05, 4.69) is 17.2 Å². The number of hydrogen-bond donors (Lipinski definition) is 1. The Balaban J connectivity index is 1.47. The molecular formula is C20H18N2O2. The molecule has 2 atom stereocenters. The molecule has 1 aromatic carbocycles. The summed E-state index contributed by atoms with van der Waals surface area (Å²) in [6.45, 7) is 2.22. The highest BCUT2D eigenvalue weighted by Crippen LogP contribution is 2.47. The van der Waals surface area contributed by atoms with Crippen LogP contribution in [0.2, 0.25) is 0 Å². The molecule has 0 spiro atoms. The minimum Gasteiger partial charge on any atom is -0.461 e. The number of benzene rings is 1. The second kappa shape index (κ2) is 5.96. The Morgan fingerprint density at radius 3 is 2.96 bits per heavy atom. The first-order valence-corrected chi connectivity index (χ1v) is 8.13. The number of amides is 1. The number of furan rings is 1. The molecule has 4 rings (SSSR count). The van der Waals surface area contributed by atoms with Gasteiger partial charge in [-0.25, -0.2) is 0 Å². The SMILES string of the molecule is CC1CC1c1ccc(/C=C/C(=O)Nc2cccc3ncccc23)o1. The molecule has 1 aliphatic rings. The zero-order chi connectivity index (χ0) is 16.5. The van der Waals surface area contributed by atoms with Crippen LogP contribution in [0, 0.1) is 5.92 Å². The third-order valence-electron chi connectivity index (χ3n) is 4.43. The normalized spacial score (nSPS) is 19.7. The number of rotatable bonds is 4. The van der Waals surface area contributed by atoms with Gasteiger partial charge in [-0.15, -0.1) is 0 Å². The van der Waals surface area contributed by atoms with E-state index < -0.39 is 0 Å². The molecule has 0 bridgehead atoms. The lowest BCUT2D eigenvalue weighted by atomic mass is 10.2. The van der Waals surface area contributed by atoms with Crippen LogP contribution in [0.15, 0.2) is 59.2 Å². The first-order valence-electron chi connectivity index (χ1n) is 8.13. The van der Waals surface area contributed by atoms with Crippen molar-refractivity contribution in [1.29, 1.82) is 0 Å². The monoisotopic (exact) mass is 318 g/mol. The van der Waals surface area contributed by atoms with E-state index in [1.165, 1.54) is 12.5 Å². The van der Waals surface area contributed by atoms with E-state index in [0.717, 1.165) is 22.4 Å². The van der Waals surface area contributed by atoms with Gasteiger partial charge >= 0.3 is 0 Å². The maximum Gasteiger partial charge on any atom is 0.248 e. The molecule has 1 N–H and O–H groups in total. The minimum atomic E-state index is -0.191. The molecule has 1 saturated carbocycles. The Morgan fingerprint density at radius 2 is 2.12 bits per heavy atom. The molecule has 0 aliphatic heterocycles. The summed E-state index contributed by atoms with van der Waals surface area (Å²) in [5.41, 5.74) is 1.61. The van der Waals surface area contributed by atoms with Crippen molar-refractivity contribution < 1.29 is 9.21 Å². The van der Waals surface area contributed by atoms with Gasteiger partial charge in [0.25, 0.3) is 0 Å². The first kappa shape index (κ1) is 14.7. The zero-order valence-electron chi connectivity index (χ0n) is 13.4. The lowest BCUT2D eigenvalue weighted by Crippen LogP contribution is -2.08. The number of nitrogens with one attached hydrogen (secondary N) is 1. The highest BCUT2D eigenvalue weighted by molar-refractivity contribution is 6.06. The smallest absolute Gasteiger partial charge is 0.248 e. The van der Waals surface area contributed by atoms with Crippen LogP contribution in [0.3, 0.4) is 0 Å². The summed E-state index contributed by atoms with van der Waals surface area (Å²) < 4.78 is 5.77. The summed E-state index contributed by atoms with van der Waals surface area (Å²) in [6.07, 6.45) is 6.12. The topological polar surface area (TPSA) is 55.1 Å². The van der Waals surface area contributed by atoms with Crippen molar-refractivity contribution >= 4 is 28.6 Å². The van der Waals surface area contributed by atoms with Crippen LogP contribution in [0.5, 0.6) is 0 Å². The quantitative estimate of drug-likeness (QED) is 0.715. The first-order chi connectivity index (χ1) is 11.7. The minimum absolute atomic E-state index is 0.191. The van der Waals surface area contributed by atoms with Crippen LogP contribution >= 0.6 is 0 Å². The van der Waals surface area contributed by atoms with E-state index in [0.29, 0.717) is 17.6 Å². The third kappa shape index (κ3) is 2.95. The number of aromatic nitrogens is 1. The van der Waals surface area contributed by atoms with E-state index in [1.54, 1.807) is 12.3 Å². The molecule has 2 unspecified atom stereocenters. The second-order valence-electron chi connectivity index (χ2n) is 6.26. The van der Waals surface area contributed by atoms with E-state index in [-0.39, 0.29) is 5.91 Å². The molecule has 3 aromatic rings. The van der Waals surface area contributed by atoms with Gasteiger partial charge in [-0.05, 0) is 54.8 Å². The maximum absolute atomic E-state index is 12.2. The van der Waals surface area contributed by atoms with Crippen LogP contribution in [-0.2, 0) is 4.79 Å². The highest BCUT2D eigenvalue weighted by Gasteiger charge is 2.36. The average molecular weight is 318 g/mol. The summed E-state index contributed by atoms with van der Waals surface area (Å²) in [5.74, 6) is 2.78. The Morgan fingerprint density at radius 1 is 1.25 bits per heavy atom. The molecule has 4 heteroatoms. The predicted octanol–water partition coefficient (Wildman–Crippen LogP) is 4.60. The highest BCUT2D eigenvalue weighted by atomic mass is 16.3. The number of carbonyl (C=O) groups excluding carboxylic acids is 1. The van der Waals surface area contributed by atoms with Gasteiger partial charge in [0.05, 0.1) is 11.2 Å². The van der Waals surface area contributed by atoms with Crippen molar-refractivity contribution in [2.24, 2.45) is 5.92 Å². The largest absolute Gasteiger partial charge is 0.461 e. The summed E-state index contributed by atoms with van der Waals surface area (Å²) in [7, 11) is 0. The molecule has 0 radical (unpaired) electrons. The van der Waals surface area contributed by atoms with Crippen molar-refractivity contribution in [2.45, 2.75) is 19.3 Å². The van der Waals surface area contributed by atoms with Crippen molar-refractivity contribution in [3.63, 3.8) is 0 Å². The molecule has 1 fully saturated rings. The zero-order valence-corrected chi connectivity index (χ0v) is 13.4. The van der Waals surface area contributed by atoms with Crippen molar-refractivity contribution in [3.8, 4) is 0 Å². The molecule has 2 aromatic heterocycles. The van der Waals surface area contributed by atoms with Gasteiger partial charge in [-0.2, -0.15) is 0 Å². The number of carbonyl (C=O) groups is 1. The van der Waals surface area contributed by atoms with Crippen LogP contribution in [0.1, 0.15) is 30.8 Å². The Bertz CT molecular complexity index is 921. The van der Waals surface area contributed by atoms with Crippen molar-refractivity contribution in [1.82, 2.24) is 4.98 Å². The Hall–Kier alpha value is -2.88. The standard InChI is InChI=1S/C20H18N2O2/c1-13-12-16(13)19-9-7-14(24-19)8-10-20(23)22-18-6-2-5-17-15(18)4-3-11-21-17/h2-11,13,16H,12H2,1H3,(H,22,23)/b10-8+. The maximum atomic E-state index is 12.2. The molecule has 24 heavy (non-hydrogen) atoms.